The number of hydrogen-bond donors (Lipinski definition) is 1. The largest absolute Gasteiger partial charge is 0.331 e. The van der Waals surface area contributed by atoms with Crippen molar-refractivity contribution in [3.05, 3.63) is 30.1 Å². The molecule has 5 heteroatoms. The van der Waals surface area contributed by atoms with E-state index in [0.717, 1.165) is 30.7 Å². The van der Waals surface area contributed by atoms with Gasteiger partial charge in [0.25, 0.3) is 0 Å². The predicted octanol–water partition coefficient (Wildman–Crippen LogP) is 2.31. The molecule has 0 aliphatic rings. The van der Waals surface area contributed by atoms with Crippen molar-refractivity contribution >= 4 is 35.8 Å². The smallest absolute Gasteiger partial charge is 0.109 e. The number of fused-ring (bicyclic) bond motifs is 1. The summed E-state index contributed by atoms with van der Waals surface area (Å²) in [6.07, 6.45) is 1.96. The third kappa shape index (κ3) is 2.88. The monoisotopic (exact) mass is 261 g/mol. The molecule has 1 aromatic carbocycles. The van der Waals surface area contributed by atoms with Crippen LogP contribution >= 0.6 is 24.8 Å². The van der Waals surface area contributed by atoms with Crippen LogP contribution in [0.4, 0.5) is 0 Å². The van der Waals surface area contributed by atoms with Crippen LogP contribution in [0.15, 0.2) is 24.3 Å². The van der Waals surface area contributed by atoms with Crippen molar-refractivity contribution in [3.63, 3.8) is 0 Å². The fourth-order valence-electron chi connectivity index (χ4n) is 1.68. The highest BCUT2D eigenvalue weighted by Gasteiger charge is 2.05. The molecule has 0 aliphatic heterocycles. The van der Waals surface area contributed by atoms with Crippen molar-refractivity contribution < 1.29 is 0 Å². The second-order valence-electron chi connectivity index (χ2n) is 3.47. The topological polar surface area (TPSA) is 43.8 Å². The molecule has 1 aromatic heterocycles. The van der Waals surface area contributed by atoms with Crippen LogP contribution < -0.4 is 5.73 Å². The molecule has 2 aromatic rings. The average molecular weight is 262 g/mol. The third-order valence-corrected chi connectivity index (χ3v) is 2.48. The number of benzene rings is 1. The molecule has 0 amide bonds. The van der Waals surface area contributed by atoms with Gasteiger partial charge in [0.05, 0.1) is 11.0 Å². The lowest BCUT2D eigenvalue weighted by molar-refractivity contribution is 0.741. The number of para-hydroxylation sites is 2. The number of imidazole rings is 1. The minimum absolute atomic E-state index is 0. The predicted molar refractivity (Wildman–Crippen MR) is 72.6 cm³/mol. The van der Waals surface area contributed by atoms with Gasteiger partial charge >= 0.3 is 0 Å². The number of hydrogen-bond acceptors (Lipinski definition) is 2. The van der Waals surface area contributed by atoms with E-state index in [-0.39, 0.29) is 24.8 Å². The zero-order chi connectivity index (χ0) is 9.97. The van der Waals surface area contributed by atoms with Crippen LogP contribution in [-0.2, 0) is 13.5 Å². The lowest BCUT2D eigenvalue weighted by Gasteiger charge is -2.00. The van der Waals surface area contributed by atoms with Gasteiger partial charge in [-0.1, -0.05) is 12.1 Å². The van der Waals surface area contributed by atoms with Gasteiger partial charge < -0.3 is 10.3 Å². The molecule has 0 unspecified atom stereocenters. The summed E-state index contributed by atoms with van der Waals surface area (Å²) in [6, 6.07) is 8.19. The van der Waals surface area contributed by atoms with Crippen LogP contribution in [0.5, 0.6) is 0 Å². The molecule has 0 saturated carbocycles. The van der Waals surface area contributed by atoms with Crippen molar-refractivity contribution in [2.24, 2.45) is 12.8 Å². The molecule has 0 spiro atoms. The summed E-state index contributed by atoms with van der Waals surface area (Å²) < 4.78 is 2.14. The Balaban J connectivity index is 0.00000112. The minimum Gasteiger partial charge on any atom is -0.331 e. The van der Waals surface area contributed by atoms with Gasteiger partial charge in [-0.05, 0) is 25.1 Å². The lowest BCUT2D eigenvalue weighted by atomic mass is 10.3. The van der Waals surface area contributed by atoms with E-state index in [0.29, 0.717) is 0 Å². The van der Waals surface area contributed by atoms with Crippen LogP contribution in [0.2, 0.25) is 0 Å². The Bertz CT molecular complexity index is 440. The van der Waals surface area contributed by atoms with E-state index < -0.39 is 0 Å². The Morgan fingerprint density at radius 1 is 1.25 bits per heavy atom. The molecule has 0 radical (unpaired) electrons. The van der Waals surface area contributed by atoms with E-state index in [1.165, 1.54) is 5.52 Å². The Morgan fingerprint density at radius 3 is 2.56 bits per heavy atom. The average Bonchev–Trinajstić information content (AvgIpc) is 2.54. The molecular weight excluding hydrogens is 245 g/mol. The van der Waals surface area contributed by atoms with Crippen molar-refractivity contribution in [2.45, 2.75) is 12.8 Å². The summed E-state index contributed by atoms with van der Waals surface area (Å²) >= 11 is 0. The Labute approximate surface area is 108 Å². The van der Waals surface area contributed by atoms with E-state index >= 15 is 0 Å². The van der Waals surface area contributed by atoms with Gasteiger partial charge in [-0.2, -0.15) is 0 Å². The quantitative estimate of drug-likeness (QED) is 0.922. The van der Waals surface area contributed by atoms with Crippen LogP contribution in [0.1, 0.15) is 12.2 Å². The molecule has 0 fully saturated rings. The van der Waals surface area contributed by atoms with E-state index in [2.05, 4.69) is 22.7 Å². The highest BCUT2D eigenvalue weighted by molar-refractivity contribution is 5.85. The zero-order valence-corrected chi connectivity index (χ0v) is 10.9. The summed E-state index contributed by atoms with van der Waals surface area (Å²) in [7, 11) is 2.06. The number of rotatable bonds is 3. The number of nitrogens with two attached hydrogens (primary N) is 1. The molecule has 0 atom stereocenters. The molecule has 3 nitrogen and oxygen atoms in total. The number of aromatic nitrogens is 2. The third-order valence-electron chi connectivity index (χ3n) is 2.48. The van der Waals surface area contributed by atoms with Crippen LogP contribution in [0, 0.1) is 0 Å². The Hall–Kier alpha value is -0.770. The van der Waals surface area contributed by atoms with Gasteiger partial charge in [-0.25, -0.2) is 4.98 Å². The molecule has 2 N–H and O–H groups in total. The van der Waals surface area contributed by atoms with Gasteiger partial charge in [0.15, 0.2) is 0 Å². The zero-order valence-electron chi connectivity index (χ0n) is 9.22. The summed E-state index contributed by atoms with van der Waals surface area (Å²) in [5.74, 6) is 1.12. The van der Waals surface area contributed by atoms with Crippen molar-refractivity contribution in [3.8, 4) is 0 Å². The minimum atomic E-state index is 0. The normalized spacial score (nSPS) is 9.62. The maximum Gasteiger partial charge on any atom is 0.109 e. The molecular formula is C11H17Cl2N3. The molecule has 16 heavy (non-hydrogen) atoms. The Morgan fingerprint density at radius 2 is 1.94 bits per heavy atom. The van der Waals surface area contributed by atoms with Gasteiger partial charge in [-0.3, -0.25) is 0 Å². The summed E-state index contributed by atoms with van der Waals surface area (Å²) in [4.78, 5) is 4.56. The number of halogens is 2. The van der Waals surface area contributed by atoms with Crippen molar-refractivity contribution in [2.75, 3.05) is 6.54 Å². The first-order valence-corrected chi connectivity index (χ1v) is 4.93. The first-order chi connectivity index (χ1) is 6.83. The first-order valence-electron chi connectivity index (χ1n) is 4.93. The summed E-state index contributed by atoms with van der Waals surface area (Å²) in [5.41, 5.74) is 7.75. The van der Waals surface area contributed by atoms with Crippen molar-refractivity contribution in [1.29, 1.82) is 0 Å². The standard InChI is InChI=1S/C11H15N3.2ClH/c1-14-10-6-3-2-5-9(10)13-11(14)7-4-8-12;;/h2-3,5-6H,4,7-8,12H2,1H3;2*1H. The van der Waals surface area contributed by atoms with E-state index in [9.17, 15) is 0 Å². The second kappa shape index (κ2) is 6.74. The van der Waals surface area contributed by atoms with E-state index in [4.69, 9.17) is 5.73 Å². The fraction of sp³-hybridized carbons (Fsp3) is 0.364. The molecule has 0 saturated heterocycles. The van der Waals surface area contributed by atoms with Crippen LogP contribution in [0.25, 0.3) is 11.0 Å². The number of aryl methyl sites for hydroxylation is 2. The van der Waals surface area contributed by atoms with Gasteiger partial charge in [0.1, 0.15) is 5.82 Å². The fourth-order valence-corrected chi connectivity index (χ4v) is 1.68. The highest BCUT2D eigenvalue weighted by atomic mass is 35.5. The lowest BCUT2D eigenvalue weighted by Crippen LogP contribution is -2.04. The molecule has 0 aliphatic carbocycles. The van der Waals surface area contributed by atoms with E-state index in [1.54, 1.807) is 0 Å². The van der Waals surface area contributed by atoms with Crippen molar-refractivity contribution in [1.82, 2.24) is 9.55 Å². The van der Waals surface area contributed by atoms with E-state index in [1.807, 2.05) is 18.2 Å². The second-order valence-corrected chi connectivity index (χ2v) is 3.47. The molecule has 1 heterocycles. The maximum atomic E-state index is 5.48. The molecule has 0 bridgehead atoms. The highest BCUT2D eigenvalue weighted by Crippen LogP contribution is 2.14. The Kier molecular flexibility index (Phi) is 6.41. The number of nitrogens with zero attached hydrogens (tertiary/aromatic N) is 2. The van der Waals surface area contributed by atoms with Gasteiger partial charge in [0, 0.05) is 13.5 Å². The maximum absolute atomic E-state index is 5.48. The molecule has 2 rings (SSSR count). The van der Waals surface area contributed by atoms with Gasteiger partial charge in [-0.15, -0.1) is 24.8 Å². The molecule has 90 valence electrons. The first kappa shape index (κ1) is 15.2. The van der Waals surface area contributed by atoms with Crippen LogP contribution in [0.3, 0.4) is 0 Å². The summed E-state index contributed by atoms with van der Waals surface area (Å²) in [6.45, 7) is 0.725. The summed E-state index contributed by atoms with van der Waals surface area (Å²) in [5, 5.41) is 0. The van der Waals surface area contributed by atoms with Gasteiger partial charge in [0.2, 0.25) is 0 Å². The SMILES string of the molecule is Cl.Cl.Cn1c(CCCN)nc2ccccc21. The van der Waals surface area contributed by atoms with Crippen LogP contribution in [-0.4, -0.2) is 16.1 Å².